The lowest BCUT2D eigenvalue weighted by Crippen LogP contribution is -2.26. The van der Waals surface area contributed by atoms with Gasteiger partial charge in [-0.3, -0.25) is 4.79 Å². The summed E-state index contributed by atoms with van der Waals surface area (Å²) in [7, 11) is 0. The monoisotopic (exact) mass is 233 g/mol. The van der Waals surface area contributed by atoms with E-state index in [1.54, 1.807) is 6.07 Å². The highest BCUT2D eigenvalue weighted by Crippen LogP contribution is 2.23. The highest BCUT2D eigenvalue weighted by Gasteiger charge is 2.23. The van der Waals surface area contributed by atoms with Crippen LogP contribution in [-0.4, -0.2) is 11.9 Å². The lowest BCUT2D eigenvalue weighted by atomic mass is 10.1. The molecule has 1 aromatic heterocycles. The normalized spacial score (nSPS) is 15.1. The second-order valence-electron chi connectivity index (χ2n) is 4.42. The molecule has 3 nitrogen and oxygen atoms in total. The topological polar surface area (TPSA) is 42.2 Å². The third-order valence-electron chi connectivity index (χ3n) is 2.91. The average molecular weight is 233 g/mol. The van der Waals surface area contributed by atoms with E-state index in [2.05, 4.69) is 5.32 Å². The van der Waals surface area contributed by atoms with E-state index in [-0.39, 0.29) is 18.1 Å². The van der Waals surface area contributed by atoms with Crippen molar-refractivity contribution in [1.82, 2.24) is 5.32 Å². The van der Waals surface area contributed by atoms with Gasteiger partial charge in [0.15, 0.2) is 0 Å². The molecule has 3 rings (SSSR count). The Morgan fingerprint density at radius 3 is 3.06 bits per heavy atom. The van der Waals surface area contributed by atoms with Crippen LogP contribution in [0.25, 0.3) is 11.0 Å². The molecule has 1 amide bonds. The first-order valence-electron chi connectivity index (χ1n) is 5.67. The van der Waals surface area contributed by atoms with E-state index >= 15 is 0 Å². The highest BCUT2D eigenvalue weighted by molar-refractivity contribution is 5.87. The molecule has 0 unspecified atom stereocenters. The summed E-state index contributed by atoms with van der Waals surface area (Å²) in [5.74, 6) is -0.345. The number of halogens is 1. The largest absolute Gasteiger partial charge is 0.464 e. The molecule has 0 bridgehead atoms. The van der Waals surface area contributed by atoms with Gasteiger partial charge in [-0.25, -0.2) is 4.39 Å². The van der Waals surface area contributed by atoms with Gasteiger partial charge < -0.3 is 9.73 Å². The van der Waals surface area contributed by atoms with Crippen LogP contribution in [0.5, 0.6) is 0 Å². The Balaban J connectivity index is 1.83. The number of hydrogen-bond donors (Lipinski definition) is 1. The number of carbonyl (C=O) groups is 1. The van der Waals surface area contributed by atoms with E-state index in [1.807, 2.05) is 0 Å². The number of amides is 1. The summed E-state index contributed by atoms with van der Waals surface area (Å²) in [5, 5.41) is 3.57. The Morgan fingerprint density at radius 1 is 1.47 bits per heavy atom. The lowest BCUT2D eigenvalue weighted by molar-refractivity contribution is -0.120. The van der Waals surface area contributed by atoms with E-state index < -0.39 is 0 Å². The minimum atomic E-state index is -0.317. The van der Waals surface area contributed by atoms with Gasteiger partial charge in [0.25, 0.3) is 0 Å². The number of benzene rings is 1. The molecule has 1 N–H and O–H groups in total. The number of fused-ring (bicyclic) bond motifs is 1. The number of carbonyl (C=O) groups excluding carboxylic acids is 1. The van der Waals surface area contributed by atoms with Gasteiger partial charge >= 0.3 is 0 Å². The third kappa shape index (κ3) is 2.16. The summed E-state index contributed by atoms with van der Waals surface area (Å²) < 4.78 is 18.4. The minimum Gasteiger partial charge on any atom is -0.464 e. The van der Waals surface area contributed by atoms with Crippen molar-refractivity contribution in [3.8, 4) is 0 Å². The maximum Gasteiger partial charge on any atom is 0.224 e. The van der Waals surface area contributed by atoms with Crippen molar-refractivity contribution in [3.63, 3.8) is 0 Å². The Kier molecular flexibility index (Phi) is 2.35. The third-order valence-corrected chi connectivity index (χ3v) is 2.91. The van der Waals surface area contributed by atoms with Crippen LogP contribution < -0.4 is 5.32 Å². The molecule has 1 aromatic carbocycles. The van der Waals surface area contributed by atoms with Crippen LogP contribution in [0.2, 0.25) is 0 Å². The Labute approximate surface area is 97.6 Å². The van der Waals surface area contributed by atoms with Crippen LogP contribution in [0.4, 0.5) is 4.39 Å². The number of furan rings is 1. The average Bonchev–Trinajstić information content (AvgIpc) is 3.01. The molecule has 0 radical (unpaired) electrons. The maximum absolute atomic E-state index is 13.1. The zero-order valence-corrected chi connectivity index (χ0v) is 9.20. The smallest absolute Gasteiger partial charge is 0.224 e. The Hall–Kier alpha value is -1.84. The van der Waals surface area contributed by atoms with E-state index in [1.165, 1.54) is 18.4 Å². The molecule has 0 atom stereocenters. The molecule has 1 aliphatic rings. The lowest BCUT2D eigenvalue weighted by Gasteiger charge is -2.01. The standard InChI is InChI=1S/C13H12FNO2/c14-9-1-4-12-11(6-9)8(7-17-12)5-13(16)15-10-2-3-10/h1,4,6-7,10H,2-3,5H2,(H,15,16). The summed E-state index contributed by atoms with van der Waals surface area (Å²) in [6.45, 7) is 0. The molecular weight excluding hydrogens is 221 g/mol. The zero-order valence-electron chi connectivity index (χ0n) is 9.20. The highest BCUT2D eigenvalue weighted by atomic mass is 19.1. The predicted octanol–water partition coefficient (Wildman–Crippen LogP) is 2.39. The molecule has 0 aliphatic heterocycles. The maximum atomic E-state index is 13.1. The van der Waals surface area contributed by atoms with Crippen molar-refractivity contribution in [1.29, 1.82) is 0 Å². The van der Waals surface area contributed by atoms with E-state index in [4.69, 9.17) is 4.42 Å². The Bertz CT molecular complexity index is 572. The summed E-state index contributed by atoms with van der Waals surface area (Å²) >= 11 is 0. The quantitative estimate of drug-likeness (QED) is 0.884. The fraction of sp³-hybridized carbons (Fsp3) is 0.308. The molecule has 1 saturated carbocycles. The van der Waals surface area contributed by atoms with Crippen LogP contribution in [-0.2, 0) is 11.2 Å². The van der Waals surface area contributed by atoms with Crippen LogP contribution in [0.3, 0.4) is 0 Å². The van der Waals surface area contributed by atoms with Gasteiger partial charge in [0.1, 0.15) is 11.4 Å². The number of hydrogen-bond acceptors (Lipinski definition) is 2. The van der Waals surface area contributed by atoms with Gasteiger partial charge in [0.2, 0.25) is 5.91 Å². The fourth-order valence-corrected chi connectivity index (χ4v) is 1.87. The van der Waals surface area contributed by atoms with Gasteiger partial charge in [0.05, 0.1) is 12.7 Å². The minimum absolute atomic E-state index is 0.0283. The number of nitrogens with one attached hydrogen (secondary N) is 1. The van der Waals surface area contributed by atoms with Gasteiger partial charge in [-0.1, -0.05) is 0 Å². The zero-order chi connectivity index (χ0) is 11.8. The van der Waals surface area contributed by atoms with Crippen LogP contribution in [0.15, 0.2) is 28.9 Å². The van der Waals surface area contributed by atoms with E-state index in [9.17, 15) is 9.18 Å². The van der Waals surface area contributed by atoms with Gasteiger partial charge in [-0.05, 0) is 31.0 Å². The van der Waals surface area contributed by atoms with Crippen LogP contribution in [0.1, 0.15) is 18.4 Å². The van der Waals surface area contributed by atoms with Crippen LogP contribution in [0, 0.1) is 5.82 Å². The van der Waals surface area contributed by atoms with Crippen molar-refractivity contribution in [2.45, 2.75) is 25.3 Å². The summed E-state index contributed by atoms with van der Waals surface area (Å²) in [5.41, 5.74) is 1.35. The molecular formula is C13H12FNO2. The molecule has 1 aliphatic carbocycles. The molecule has 4 heteroatoms. The van der Waals surface area contributed by atoms with Gasteiger partial charge in [0, 0.05) is 17.0 Å². The first-order chi connectivity index (χ1) is 8.22. The van der Waals surface area contributed by atoms with E-state index in [0.717, 1.165) is 18.4 Å². The number of rotatable bonds is 3. The summed E-state index contributed by atoms with van der Waals surface area (Å²) in [4.78, 5) is 11.6. The van der Waals surface area contributed by atoms with Crippen molar-refractivity contribution in [2.75, 3.05) is 0 Å². The van der Waals surface area contributed by atoms with Crippen molar-refractivity contribution in [2.24, 2.45) is 0 Å². The molecule has 17 heavy (non-hydrogen) atoms. The van der Waals surface area contributed by atoms with Crippen molar-refractivity contribution in [3.05, 3.63) is 35.8 Å². The molecule has 1 heterocycles. The SMILES string of the molecule is O=C(Cc1coc2ccc(F)cc12)NC1CC1. The summed E-state index contributed by atoms with van der Waals surface area (Å²) in [6.07, 6.45) is 3.89. The molecule has 1 fully saturated rings. The second-order valence-corrected chi connectivity index (χ2v) is 4.42. The first-order valence-corrected chi connectivity index (χ1v) is 5.67. The molecule has 2 aromatic rings. The van der Waals surface area contributed by atoms with Crippen LogP contribution >= 0.6 is 0 Å². The van der Waals surface area contributed by atoms with E-state index in [0.29, 0.717) is 17.0 Å². The second kappa shape index (κ2) is 3.87. The first kappa shape index (κ1) is 10.3. The molecule has 88 valence electrons. The predicted molar refractivity (Wildman–Crippen MR) is 61.0 cm³/mol. The van der Waals surface area contributed by atoms with Crippen molar-refractivity contribution >= 4 is 16.9 Å². The summed E-state index contributed by atoms with van der Waals surface area (Å²) in [6, 6.07) is 4.67. The van der Waals surface area contributed by atoms with Gasteiger partial charge in [-0.2, -0.15) is 0 Å². The fourth-order valence-electron chi connectivity index (χ4n) is 1.87. The van der Waals surface area contributed by atoms with Crippen molar-refractivity contribution < 1.29 is 13.6 Å². The Morgan fingerprint density at radius 2 is 2.29 bits per heavy atom. The molecule has 0 spiro atoms. The van der Waals surface area contributed by atoms with Gasteiger partial charge in [-0.15, -0.1) is 0 Å². The molecule has 0 saturated heterocycles.